The van der Waals surface area contributed by atoms with E-state index in [0.717, 1.165) is 27.7 Å². The summed E-state index contributed by atoms with van der Waals surface area (Å²) in [5.41, 5.74) is 4.28. The number of ether oxygens (including phenoxy) is 1. The van der Waals surface area contributed by atoms with Gasteiger partial charge in [0.05, 0.1) is 11.1 Å². The number of carbonyl (C=O) groups excluding carboxylic acids is 1. The van der Waals surface area contributed by atoms with Crippen molar-refractivity contribution in [2.45, 2.75) is 26.9 Å². The van der Waals surface area contributed by atoms with Crippen molar-refractivity contribution in [1.82, 2.24) is 10.3 Å². The predicted octanol–water partition coefficient (Wildman–Crippen LogP) is 3.33. The molecular weight excluding hydrogens is 340 g/mol. The van der Waals surface area contributed by atoms with Gasteiger partial charge < -0.3 is 15.2 Å². The van der Waals surface area contributed by atoms with Crippen molar-refractivity contribution in [1.29, 1.82) is 0 Å². The largest absolute Gasteiger partial charge is 0.491 e. The Balaban J connectivity index is 1.63. The number of hydrogen-bond acceptors (Lipinski definition) is 4. The lowest BCUT2D eigenvalue weighted by molar-refractivity contribution is 0.0845. The van der Waals surface area contributed by atoms with Crippen LogP contribution in [0.15, 0.2) is 48.5 Å². The van der Waals surface area contributed by atoms with Gasteiger partial charge in [-0.25, -0.2) is 0 Å². The van der Waals surface area contributed by atoms with Gasteiger partial charge in [-0.3, -0.25) is 9.78 Å². The maximum absolute atomic E-state index is 12.7. The van der Waals surface area contributed by atoms with E-state index in [1.165, 1.54) is 0 Å². The second kappa shape index (κ2) is 8.18. The Kier molecular flexibility index (Phi) is 5.72. The molecule has 1 atom stereocenters. The summed E-state index contributed by atoms with van der Waals surface area (Å²) in [6.45, 7) is 6.04. The van der Waals surface area contributed by atoms with Crippen LogP contribution in [0, 0.1) is 20.8 Å². The van der Waals surface area contributed by atoms with Gasteiger partial charge >= 0.3 is 0 Å². The molecule has 0 aliphatic heterocycles. The molecule has 3 aromatic rings. The minimum Gasteiger partial charge on any atom is -0.491 e. The molecule has 2 aromatic carbocycles. The van der Waals surface area contributed by atoms with Crippen LogP contribution in [0.3, 0.4) is 0 Å². The van der Waals surface area contributed by atoms with E-state index in [1.807, 2.05) is 63.2 Å². The zero-order chi connectivity index (χ0) is 19.4. The summed E-state index contributed by atoms with van der Waals surface area (Å²) in [4.78, 5) is 17.1. The fraction of sp³-hybridized carbons (Fsp3) is 0.273. The second-order valence-corrected chi connectivity index (χ2v) is 6.82. The van der Waals surface area contributed by atoms with Gasteiger partial charge in [-0.15, -0.1) is 0 Å². The molecule has 27 heavy (non-hydrogen) atoms. The Hall–Kier alpha value is -2.92. The lowest BCUT2D eigenvalue weighted by Gasteiger charge is -2.14. The van der Waals surface area contributed by atoms with Crippen LogP contribution in [0.25, 0.3) is 10.9 Å². The minimum atomic E-state index is -0.801. The summed E-state index contributed by atoms with van der Waals surface area (Å²) in [7, 11) is 0. The van der Waals surface area contributed by atoms with Gasteiger partial charge in [0.2, 0.25) is 0 Å². The molecule has 3 rings (SSSR count). The third-order valence-electron chi connectivity index (χ3n) is 4.27. The summed E-state index contributed by atoms with van der Waals surface area (Å²) in [5.74, 6) is 0.470. The van der Waals surface area contributed by atoms with Crippen molar-refractivity contribution in [3.05, 3.63) is 70.9 Å². The number of aliphatic hydroxyl groups is 1. The molecule has 1 unspecified atom stereocenters. The molecule has 0 aliphatic rings. The number of fused-ring (bicyclic) bond motifs is 1. The Labute approximate surface area is 159 Å². The minimum absolute atomic E-state index is 0.110. The van der Waals surface area contributed by atoms with Crippen molar-refractivity contribution in [2.24, 2.45) is 0 Å². The number of rotatable bonds is 6. The summed E-state index contributed by atoms with van der Waals surface area (Å²) in [6.07, 6.45) is -0.801. The maximum Gasteiger partial charge on any atom is 0.252 e. The predicted molar refractivity (Wildman–Crippen MR) is 106 cm³/mol. The van der Waals surface area contributed by atoms with E-state index in [2.05, 4.69) is 10.3 Å². The van der Waals surface area contributed by atoms with E-state index < -0.39 is 6.10 Å². The topological polar surface area (TPSA) is 71.5 Å². The van der Waals surface area contributed by atoms with Crippen LogP contribution in [0.1, 0.15) is 27.2 Å². The Bertz CT molecular complexity index is 969. The first-order chi connectivity index (χ1) is 12.9. The number of nitrogens with one attached hydrogen (secondary N) is 1. The first-order valence-electron chi connectivity index (χ1n) is 8.96. The van der Waals surface area contributed by atoms with Crippen molar-refractivity contribution in [3.63, 3.8) is 0 Å². The summed E-state index contributed by atoms with van der Waals surface area (Å²) < 4.78 is 5.58. The highest BCUT2D eigenvalue weighted by Crippen LogP contribution is 2.20. The molecule has 1 amide bonds. The molecule has 0 bridgehead atoms. The van der Waals surface area contributed by atoms with Gasteiger partial charge in [-0.1, -0.05) is 23.8 Å². The van der Waals surface area contributed by atoms with Gasteiger partial charge in [0.25, 0.3) is 5.91 Å². The number of benzene rings is 2. The van der Waals surface area contributed by atoms with Gasteiger partial charge in [0, 0.05) is 17.6 Å². The van der Waals surface area contributed by atoms with Crippen LogP contribution in [-0.2, 0) is 0 Å². The zero-order valence-corrected chi connectivity index (χ0v) is 15.8. The third-order valence-corrected chi connectivity index (χ3v) is 4.27. The first-order valence-corrected chi connectivity index (χ1v) is 8.96. The van der Waals surface area contributed by atoms with Crippen LogP contribution >= 0.6 is 0 Å². The van der Waals surface area contributed by atoms with Gasteiger partial charge in [-0.05, 0) is 56.7 Å². The number of amides is 1. The summed E-state index contributed by atoms with van der Waals surface area (Å²) in [5, 5.41) is 13.7. The van der Waals surface area contributed by atoms with Crippen LogP contribution in [0.5, 0.6) is 5.75 Å². The molecule has 0 radical (unpaired) electrons. The van der Waals surface area contributed by atoms with Crippen LogP contribution < -0.4 is 10.1 Å². The highest BCUT2D eigenvalue weighted by atomic mass is 16.5. The number of hydrogen-bond donors (Lipinski definition) is 2. The molecule has 1 aromatic heterocycles. The standard InChI is InChI=1S/C22H24N2O3/c1-14-5-4-6-18(9-14)27-13-17(25)12-23-22(26)20-11-16(3)24-21-8-7-15(2)10-19(20)21/h4-11,17,25H,12-13H2,1-3H3,(H,23,26). The number of pyridine rings is 1. The van der Waals surface area contributed by atoms with E-state index in [-0.39, 0.29) is 19.1 Å². The van der Waals surface area contributed by atoms with E-state index in [9.17, 15) is 9.90 Å². The second-order valence-electron chi connectivity index (χ2n) is 6.82. The smallest absolute Gasteiger partial charge is 0.252 e. The number of carbonyl (C=O) groups is 1. The number of aliphatic hydroxyl groups excluding tert-OH is 1. The lowest BCUT2D eigenvalue weighted by atomic mass is 10.0. The van der Waals surface area contributed by atoms with Crippen molar-refractivity contribution >= 4 is 16.8 Å². The maximum atomic E-state index is 12.7. The number of aryl methyl sites for hydroxylation is 3. The molecule has 5 heteroatoms. The number of nitrogens with zero attached hydrogens (tertiary/aromatic N) is 1. The van der Waals surface area contributed by atoms with Crippen LogP contribution in [0.4, 0.5) is 0 Å². The highest BCUT2D eigenvalue weighted by Gasteiger charge is 2.14. The fourth-order valence-corrected chi connectivity index (χ4v) is 2.92. The summed E-state index contributed by atoms with van der Waals surface area (Å²) in [6, 6.07) is 15.2. The normalized spacial score (nSPS) is 12.0. The van der Waals surface area contributed by atoms with Crippen molar-refractivity contribution in [3.8, 4) is 5.75 Å². The summed E-state index contributed by atoms with van der Waals surface area (Å²) >= 11 is 0. The molecule has 140 valence electrons. The SMILES string of the molecule is Cc1cccc(OCC(O)CNC(=O)c2cc(C)nc3ccc(C)cc23)c1. The average molecular weight is 364 g/mol. The third kappa shape index (κ3) is 4.83. The van der Waals surface area contributed by atoms with Gasteiger partial charge in [0.1, 0.15) is 18.5 Å². The van der Waals surface area contributed by atoms with E-state index in [4.69, 9.17) is 4.74 Å². The highest BCUT2D eigenvalue weighted by molar-refractivity contribution is 6.06. The van der Waals surface area contributed by atoms with Crippen LogP contribution in [-0.4, -0.2) is 35.3 Å². The molecule has 1 heterocycles. The molecule has 0 saturated heterocycles. The van der Waals surface area contributed by atoms with Crippen LogP contribution in [0.2, 0.25) is 0 Å². The van der Waals surface area contributed by atoms with E-state index in [1.54, 1.807) is 6.07 Å². The van der Waals surface area contributed by atoms with Gasteiger partial charge in [-0.2, -0.15) is 0 Å². The molecule has 0 saturated carbocycles. The molecule has 0 spiro atoms. The van der Waals surface area contributed by atoms with E-state index >= 15 is 0 Å². The lowest BCUT2D eigenvalue weighted by Crippen LogP contribution is -2.35. The Morgan fingerprint density at radius 1 is 1.11 bits per heavy atom. The first kappa shape index (κ1) is 18.9. The van der Waals surface area contributed by atoms with Crippen molar-refractivity contribution < 1.29 is 14.6 Å². The zero-order valence-electron chi connectivity index (χ0n) is 15.8. The fourth-order valence-electron chi connectivity index (χ4n) is 2.92. The van der Waals surface area contributed by atoms with Gasteiger partial charge in [0.15, 0.2) is 0 Å². The Morgan fingerprint density at radius 2 is 1.89 bits per heavy atom. The molecule has 5 nitrogen and oxygen atoms in total. The van der Waals surface area contributed by atoms with Crippen molar-refractivity contribution in [2.75, 3.05) is 13.2 Å². The molecular formula is C22H24N2O3. The quantitative estimate of drug-likeness (QED) is 0.704. The molecule has 2 N–H and O–H groups in total. The monoisotopic (exact) mass is 364 g/mol. The van der Waals surface area contributed by atoms with E-state index in [0.29, 0.717) is 11.3 Å². The number of aromatic nitrogens is 1. The molecule has 0 fully saturated rings. The average Bonchev–Trinajstić information content (AvgIpc) is 2.64. The molecule has 0 aliphatic carbocycles. The Morgan fingerprint density at radius 3 is 2.67 bits per heavy atom.